The Kier molecular flexibility index (Phi) is 15.1. The zero-order valence-electron chi connectivity index (χ0n) is 18.4. The molecule has 1 fully saturated rings. The molecule has 10 heteroatoms. The summed E-state index contributed by atoms with van der Waals surface area (Å²) >= 11 is 1.41. The van der Waals surface area contributed by atoms with Gasteiger partial charge in [0.05, 0.1) is 26.0 Å². The molecule has 180 valence electrons. The first-order valence-electron chi connectivity index (χ1n) is 11.2. The number of rotatable bonds is 17. The van der Waals surface area contributed by atoms with Crippen LogP contribution in [-0.2, 0) is 18.3 Å². The second-order valence-electron chi connectivity index (χ2n) is 7.57. The van der Waals surface area contributed by atoms with Gasteiger partial charge in [-0.3, -0.25) is 4.57 Å². The van der Waals surface area contributed by atoms with Crippen molar-refractivity contribution in [3.8, 4) is 0 Å². The molecule has 5 atom stereocenters. The number of unbranched alkanes of at least 4 members (excludes halogenated alkanes) is 7. The van der Waals surface area contributed by atoms with E-state index in [0.717, 1.165) is 57.1 Å². The topological polar surface area (TPSA) is 126 Å². The van der Waals surface area contributed by atoms with E-state index in [1.54, 1.807) is 0 Å². The lowest BCUT2D eigenvalue weighted by atomic mass is 10.0. The fourth-order valence-corrected chi connectivity index (χ4v) is 6.35. The van der Waals surface area contributed by atoms with Gasteiger partial charge in [-0.25, -0.2) is 0 Å². The van der Waals surface area contributed by atoms with E-state index >= 15 is 0 Å². The van der Waals surface area contributed by atoms with Crippen molar-refractivity contribution in [1.29, 1.82) is 0 Å². The molecule has 4 N–H and O–H groups in total. The summed E-state index contributed by atoms with van der Waals surface area (Å²) in [7, 11) is -2.90. The van der Waals surface area contributed by atoms with E-state index in [9.17, 15) is 25.0 Å². The van der Waals surface area contributed by atoms with Crippen LogP contribution in [0.25, 0.3) is 0 Å². The molecule has 0 unspecified atom stereocenters. The third kappa shape index (κ3) is 10.3. The van der Waals surface area contributed by atoms with Crippen molar-refractivity contribution in [2.45, 2.75) is 95.1 Å². The third-order valence-electron chi connectivity index (χ3n) is 5.11. The largest absolute Gasteiger partial charge is 0.394 e. The summed E-state index contributed by atoms with van der Waals surface area (Å²) in [5.41, 5.74) is -0.634. The van der Waals surface area contributed by atoms with Crippen LogP contribution in [0.15, 0.2) is 0 Å². The second kappa shape index (κ2) is 16.0. The Morgan fingerprint density at radius 3 is 1.90 bits per heavy atom. The van der Waals surface area contributed by atoms with E-state index in [0.29, 0.717) is 19.4 Å². The van der Waals surface area contributed by atoms with Crippen molar-refractivity contribution in [2.75, 3.05) is 31.7 Å². The van der Waals surface area contributed by atoms with Gasteiger partial charge in [0.15, 0.2) is 0 Å². The Morgan fingerprint density at radius 1 is 0.833 bits per heavy atom. The van der Waals surface area contributed by atoms with Crippen LogP contribution in [0.4, 0.5) is 0 Å². The van der Waals surface area contributed by atoms with Crippen LogP contribution in [0.5, 0.6) is 0 Å². The van der Waals surface area contributed by atoms with Crippen molar-refractivity contribution in [3.05, 3.63) is 0 Å². The smallest absolute Gasteiger partial charge is 0.330 e. The van der Waals surface area contributed by atoms with Gasteiger partial charge in [-0.15, -0.1) is 11.8 Å². The van der Waals surface area contributed by atoms with Gasteiger partial charge < -0.3 is 34.2 Å². The monoisotopic (exact) mass is 472 g/mol. The lowest BCUT2D eigenvalue weighted by Crippen LogP contribution is -2.57. The van der Waals surface area contributed by atoms with Gasteiger partial charge in [0, 0.05) is 0 Å². The second-order valence-corrected chi connectivity index (χ2v) is 11.0. The van der Waals surface area contributed by atoms with Gasteiger partial charge in [-0.2, -0.15) is 0 Å². The average Bonchev–Trinajstić information content (AvgIpc) is 2.72. The van der Waals surface area contributed by atoms with Crippen LogP contribution in [0.2, 0.25) is 0 Å². The molecular weight excluding hydrogens is 431 g/mol. The average molecular weight is 473 g/mol. The molecule has 0 aromatic heterocycles. The van der Waals surface area contributed by atoms with E-state index in [-0.39, 0.29) is 0 Å². The number of hydrogen-bond donors (Lipinski definition) is 4. The van der Waals surface area contributed by atoms with Gasteiger partial charge in [0.1, 0.15) is 29.9 Å². The van der Waals surface area contributed by atoms with Crippen LogP contribution >= 0.6 is 19.4 Å². The van der Waals surface area contributed by atoms with Gasteiger partial charge in [-0.05, 0) is 32.4 Å². The zero-order chi connectivity index (χ0) is 22.4. The third-order valence-corrected chi connectivity index (χ3v) is 8.52. The van der Waals surface area contributed by atoms with Crippen molar-refractivity contribution in [3.63, 3.8) is 0 Å². The van der Waals surface area contributed by atoms with Crippen LogP contribution in [0, 0.1) is 0 Å². The summed E-state index contributed by atoms with van der Waals surface area (Å²) in [5, 5.41) is 38.8. The summed E-state index contributed by atoms with van der Waals surface area (Å²) < 4.78 is 28.4. The summed E-state index contributed by atoms with van der Waals surface area (Å²) in [5.74, 6) is 0.785. The highest BCUT2D eigenvalue weighted by atomic mass is 32.2. The summed E-state index contributed by atoms with van der Waals surface area (Å²) in [6, 6.07) is 0. The first-order valence-corrected chi connectivity index (χ1v) is 14.0. The molecular formula is C20H41O8PS. The molecule has 1 rings (SSSR count). The SMILES string of the molecule is CCOP(=O)(CCCCCCCCCCS[C@H]1O[C@H](CO)[C@H](O)[C@H](O)[C@H]1O)OCC. The number of aliphatic hydroxyl groups is 4. The van der Waals surface area contributed by atoms with Crippen molar-refractivity contribution < 1.29 is 38.8 Å². The molecule has 8 nitrogen and oxygen atoms in total. The molecule has 0 aromatic carbocycles. The van der Waals surface area contributed by atoms with E-state index in [1.165, 1.54) is 11.8 Å². The minimum atomic E-state index is -2.90. The Balaban J connectivity index is 2.03. The number of hydrogen-bond acceptors (Lipinski definition) is 9. The van der Waals surface area contributed by atoms with Gasteiger partial charge in [0.2, 0.25) is 0 Å². The van der Waals surface area contributed by atoms with Gasteiger partial charge in [-0.1, -0.05) is 38.5 Å². The molecule has 0 radical (unpaired) electrons. The van der Waals surface area contributed by atoms with E-state index in [1.807, 2.05) is 13.8 Å². The van der Waals surface area contributed by atoms with Gasteiger partial charge >= 0.3 is 7.60 Å². The van der Waals surface area contributed by atoms with Crippen LogP contribution < -0.4 is 0 Å². The Hall–Kier alpha value is 0.300. The minimum Gasteiger partial charge on any atom is -0.394 e. The van der Waals surface area contributed by atoms with Crippen molar-refractivity contribution >= 4 is 19.4 Å². The highest BCUT2D eigenvalue weighted by Gasteiger charge is 2.43. The lowest BCUT2D eigenvalue weighted by molar-refractivity contribution is -0.205. The molecule has 1 saturated heterocycles. The highest BCUT2D eigenvalue weighted by molar-refractivity contribution is 7.99. The lowest BCUT2D eigenvalue weighted by Gasteiger charge is -2.39. The standard InChI is InChI=1S/C20H41O8PS/c1-3-26-29(25,27-4-2)13-11-9-7-5-6-8-10-12-14-30-20-19(24)18(23)17(22)16(15-21)28-20/h16-24H,3-15H2,1-2H3/t16-,17+,18+,19-,20-/m1/s1. The fraction of sp³-hybridized carbons (Fsp3) is 1.00. The molecule has 0 spiro atoms. The first-order chi connectivity index (χ1) is 14.4. The van der Waals surface area contributed by atoms with Crippen molar-refractivity contribution in [2.24, 2.45) is 0 Å². The molecule has 0 amide bonds. The maximum absolute atomic E-state index is 12.3. The van der Waals surface area contributed by atoms with E-state index in [4.69, 9.17) is 13.8 Å². The predicted molar refractivity (Wildman–Crippen MR) is 119 cm³/mol. The van der Waals surface area contributed by atoms with Crippen LogP contribution in [-0.4, -0.2) is 82.0 Å². The molecule has 1 heterocycles. The van der Waals surface area contributed by atoms with Crippen molar-refractivity contribution in [1.82, 2.24) is 0 Å². The number of ether oxygens (including phenoxy) is 1. The van der Waals surface area contributed by atoms with E-state index < -0.39 is 44.1 Å². The zero-order valence-corrected chi connectivity index (χ0v) is 20.1. The summed E-state index contributed by atoms with van der Waals surface area (Å²) in [4.78, 5) is 0. The predicted octanol–water partition coefficient (Wildman–Crippen LogP) is 2.91. The Bertz CT molecular complexity index is 472. The van der Waals surface area contributed by atoms with E-state index in [2.05, 4.69) is 0 Å². The molecule has 0 aliphatic carbocycles. The molecule has 30 heavy (non-hydrogen) atoms. The molecule has 0 bridgehead atoms. The van der Waals surface area contributed by atoms with Gasteiger partial charge in [0.25, 0.3) is 0 Å². The number of thioether (sulfide) groups is 1. The molecule has 1 aliphatic heterocycles. The maximum Gasteiger partial charge on any atom is 0.330 e. The normalized spacial score (nSPS) is 27.5. The fourth-order valence-electron chi connectivity index (χ4n) is 3.43. The first kappa shape index (κ1) is 28.3. The Morgan fingerprint density at radius 2 is 1.37 bits per heavy atom. The number of aliphatic hydroxyl groups excluding tert-OH is 4. The minimum absolute atomic E-state index is 0.392. The van der Waals surface area contributed by atoms with Crippen LogP contribution in [0.1, 0.15) is 65.2 Å². The van der Waals surface area contributed by atoms with Crippen LogP contribution in [0.3, 0.4) is 0 Å². The quantitative estimate of drug-likeness (QED) is 0.187. The molecule has 0 aromatic rings. The summed E-state index contributed by atoms with van der Waals surface area (Å²) in [6.45, 7) is 4.08. The Labute approximate surface area is 185 Å². The molecule has 1 aliphatic rings. The summed E-state index contributed by atoms with van der Waals surface area (Å²) in [6.07, 6.45) is 4.37. The molecule has 0 saturated carbocycles. The highest BCUT2D eigenvalue weighted by Crippen LogP contribution is 2.48. The maximum atomic E-state index is 12.3.